The summed E-state index contributed by atoms with van der Waals surface area (Å²) in [6, 6.07) is 1.97. The van der Waals surface area contributed by atoms with Crippen LogP contribution in [0.3, 0.4) is 0 Å². The molecule has 1 heterocycles. The van der Waals surface area contributed by atoms with Crippen molar-refractivity contribution in [2.24, 2.45) is 0 Å². The third-order valence-corrected chi connectivity index (χ3v) is 5.87. The molecule has 1 aromatic heterocycles. The average Bonchev–Trinajstić information content (AvgIpc) is 2.95. The number of carboxylic acids is 1. The Hall–Kier alpha value is -3.32. The number of aliphatic carboxylic acids is 1. The first-order valence-corrected chi connectivity index (χ1v) is 14.4. The minimum atomic E-state index is -1.08. The van der Waals surface area contributed by atoms with Gasteiger partial charge >= 0.3 is 5.97 Å². The molecule has 236 valence electrons. The number of allylic oxidation sites excluding steroid dienone is 1. The van der Waals surface area contributed by atoms with E-state index in [0.717, 1.165) is 17.8 Å². The highest BCUT2D eigenvalue weighted by Crippen LogP contribution is 2.09. The second-order valence-corrected chi connectivity index (χ2v) is 9.43. The molecule has 2 atom stereocenters. The number of carboxylic acid groups (broad SMARTS) is 1. The smallest absolute Gasteiger partial charge is 0.305 e. The molecule has 0 saturated carbocycles. The summed E-state index contributed by atoms with van der Waals surface area (Å²) in [5, 5.41) is 17.9. The van der Waals surface area contributed by atoms with Gasteiger partial charge in [-0.25, -0.2) is 4.98 Å². The van der Waals surface area contributed by atoms with Gasteiger partial charge in [0.15, 0.2) is 0 Å². The molecular weight excluding hydrogens is 544 g/mol. The quantitative estimate of drug-likeness (QED) is 0.0983. The van der Waals surface area contributed by atoms with E-state index in [1.165, 1.54) is 6.08 Å². The Morgan fingerprint density at radius 2 is 1.64 bits per heavy atom. The van der Waals surface area contributed by atoms with Crippen LogP contribution in [0.1, 0.15) is 45.1 Å². The molecule has 12 heteroatoms. The maximum atomic E-state index is 13.1. The van der Waals surface area contributed by atoms with Crippen LogP contribution in [-0.4, -0.2) is 99.4 Å². The predicted octanol–water partition coefficient (Wildman–Crippen LogP) is 2.64. The fourth-order valence-corrected chi connectivity index (χ4v) is 3.71. The normalized spacial score (nSPS) is 12.8. The Morgan fingerprint density at radius 3 is 2.21 bits per heavy atom. The molecule has 0 aromatic carbocycles. The molecule has 0 aliphatic carbocycles. The van der Waals surface area contributed by atoms with Gasteiger partial charge in [-0.1, -0.05) is 25.7 Å². The van der Waals surface area contributed by atoms with E-state index in [4.69, 9.17) is 18.9 Å². The minimum Gasteiger partial charge on any atom is -0.481 e. The zero-order valence-electron chi connectivity index (χ0n) is 25.2. The highest BCUT2D eigenvalue weighted by molar-refractivity contribution is 5.88. The van der Waals surface area contributed by atoms with Gasteiger partial charge in [0.25, 0.3) is 0 Å². The van der Waals surface area contributed by atoms with Crippen molar-refractivity contribution in [1.29, 1.82) is 0 Å². The second kappa shape index (κ2) is 23.3. The number of pyridine rings is 1. The minimum absolute atomic E-state index is 0.114. The molecule has 1 aromatic rings. The second-order valence-electron chi connectivity index (χ2n) is 9.43. The van der Waals surface area contributed by atoms with E-state index in [-0.39, 0.29) is 38.6 Å². The van der Waals surface area contributed by atoms with Crippen LogP contribution in [0.25, 0.3) is 0 Å². The predicted molar refractivity (Wildman–Crippen MR) is 160 cm³/mol. The first-order chi connectivity index (χ1) is 20.3. The molecule has 42 heavy (non-hydrogen) atoms. The SMILES string of the molecule is C=C/C(=C\C)[C@H](CC(=O)O)NC(=O)[C@H](COCCOCCOCCOCCC)NC(=O)CCCNc1cc(C)ccn1. The van der Waals surface area contributed by atoms with Gasteiger partial charge in [-0.05, 0) is 50.0 Å². The van der Waals surface area contributed by atoms with Crippen molar-refractivity contribution in [2.75, 3.05) is 64.7 Å². The number of aryl methyl sites for hydroxylation is 1. The van der Waals surface area contributed by atoms with Crippen LogP contribution in [0.2, 0.25) is 0 Å². The monoisotopic (exact) mass is 592 g/mol. The van der Waals surface area contributed by atoms with Crippen LogP contribution in [0, 0.1) is 6.92 Å². The van der Waals surface area contributed by atoms with Crippen LogP contribution < -0.4 is 16.0 Å². The number of nitrogens with one attached hydrogen (secondary N) is 3. The number of ether oxygens (including phenoxy) is 4. The van der Waals surface area contributed by atoms with E-state index >= 15 is 0 Å². The lowest BCUT2D eigenvalue weighted by atomic mass is 10.0. The molecule has 0 spiro atoms. The molecule has 0 fully saturated rings. The lowest BCUT2D eigenvalue weighted by molar-refractivity contribution is -0.138. The van der Waals surface area contributed by atoms with Crippen molar-refractivity contribution in [3.8, 4) is 0 Å². The Balaban J connectivity index is 2.58. The highest BCUT2D eigenvalue weighted by Gasteiger charge is 2.25. The third-order valence-electron chi connectivity index (χ3n) is 5.87. The zero-order chi connectivity index (χ0) is 31.0. The number of aromatic nitrogens is 1. The van der Waals surface area contributed by atoms with Gasteiger partial charge in [0.1, 0.15) is 11.9 Å². The highest BCUT2D eigenvalue weighted by atomic mass is 16.6. The Kier molecular flexibility index (Phi) is 20.3. The van der Waals surface area contributed by atoms with Crippen LogP contribution in [0.5, 0.6) is 0 Å². The largest absolute Gasteiger partial charge is 0.481 e. The lowest BCUT2D eigenvalue weighted by Crippen LogP contribution is -2.52. The van der Waals surface area contributed by atoms with Gasteiger partial charge in [0.05, 0.1) is 58.7 Å². The fraction of sp³-hybridized carbons (Fsp3) is 0.600. The molecule has 0 saturated heterocycles. The van der Waals surface area contributed by atoms with Gasteiger partial charge in [0, 0.05) is 25.8 Å². The summed E-state index contributed by atoms with van der Waals surface area (Å²) in [7, 11) is 0. The molecule has 1 rings (SSSR count). The number of hydrogen-bond acceptors (Lipinski definition) is 9. The van der Waals surface area contributed by atoms with Crippen LogP contribution in [-0.2, 0) is 33.3 Å². The van der Waals surface area contributed by atoms with E-state index in [1.807, 2.05) is 26.0 Å². The van der Waals surface area contributed by atoms with Crippen molar-refractivity contribution < 1.29 is 38.4 Å². The Labute approximate surface area is 249 Å². The van der Waals surface area contributed by atoms with Crippen molar-refractivity contribution in [3.63, 3.8) is 0 Å². The summed E-state index contributed by atoms with van der Waals surface area (Å²) in [4.78, 5) is 41.5. The number of rotatable bonds is 25. The molecule has 4 N–H and O–H groups in total. The average molecular weight is 593 g/mol. The van der Waals surface area contributed by atoms with Crippen molar-refractivity contribution >= 4 is 23.6 Å². The van der Waals surface area contributed by atoms with E-state index < -0.39 is 24.0 Å². The summed E-state index contributed by atoms with van der Waals surface area (Å²) < 4.78 is 21.9. The number of anilines is 1. The third kappa shape index (κ3) is 17.5. The van der Waals surface area contributed by atoms with Gasteiger partial charge in [-0.3, -0.25) is 14.4 Å². The topological polar surface area (TPSA) is 157 Å². The number of carbonyl (C=O) groups excluding carboxylic acids is 2. The molecular formula is C30H48N4O8. The Bertz CT molecular complexity index is 972. The summed E-state index contributed by atoms with van der Waals surface area (Å²) >= 11 is 0. The number of nitrogens with zero attached hydrogens (tertiary/aromatic N) is 1. The van der Waals surface area contributed by atoms with Crippen molar-refractivity contribution in [3.05, 3.63) is 48.2 Å². The fourth-order valence-electron chi connectivity index (χ4n) is 3.71. The summed E-state index contributed by atoms with van der Waals surface area (Å²) in [6.07, 6.45) is 6.19. The molecule has 0 aliphatic heterocycles. The maximum absolute atomic E-state index is 13.1. The zero-order valence-corrected chi connectivity index (χ0v) is 25.2. The van der Waals surface area contributed by atoms with E-state index in [2.05, 4.69) is 27.5 Å². The van der Waals surface area contributed by atoms with Crippen LogP contribution in [0.4, 0.5) is 5.82 Å². The first-order valence-electron chi connectivity index (χ1n) is 14.4. The van der Waals surface area contributed by atoms with Crippen LogP contribution >= 0.6 is 0 Å². The van der Waals surface area contributed by atoms with Gasteiger partial charge in [-0.15, -0.1) is 0 Å². The standard InChI is InChI=1S/C30H48N4O8/c1-5-13-39-14-15-40-16-17-41-18-19-42-22-26(30(38)34-25(21-29(36)37)24(6-2)7-3)33-28(35)9-8-11-31-27-20-23(4)10-12-32-27/h6-7,10,12,20,25-26H,2,5,8-9,11,13-19,21-22H2,1,3-4H3,(H,31,32)(H,33,35)(H,34,38)(H,36,37)/b24-7+/t25-,26-/m0/s1. The van der Waals surface area contributed by atoms with Crippen LogP contribution in [0.15, 0.2) is 42.6 Å². The van der Waals surface area contributed by atoms with Gasteiger partial charge in [0.2, 0.25) is 11.8 Å². The number of amides is 2. The summed E-state index contributed by atoms with van der Waals surface area (Å²) in [5.41, 5.74) is 1.63. The van der Waals surface area contributed by atoms with E-state index in [0.29, 0.717) is 51.6 Å². The van der Waals surface area contributed by atoms with Gasteiger partial charge in [-0.2, -0.15) is 0 Å². The molecule has 0 aliphatic rings. The molecule has 0 bridgehead atoms. The first kappa shape index (κ1) is 36.7. The van der Waals surface area contributed by atoms with Gasteiger partial charge < -0.3 is 40.0 Å². The summed E-state index contributed by atoms with van der Waals surface area (Å²) in [5.74, 6) is -1.25. The van der Waals surface area contributed by atoms with E-state index in [9.17, 15) is 19.5 Å². The number of carbonyl (C=O) groups is 3. The molecule has 2 amide bonds. The Morgan fingerprint density at radius 1 is 1.00 bits per heavy atom. The van der Waals surface area contributed by atoms with E-state index in [1.54, 1.807) is 19.2 Å². The molecule has 12 nitrogen and oxygen atoms in total. The number of hydrogen-bond donors (Lipinski definition) is 4. The summed E-state index contributed by atoms with van der Waals surface area (Å²) in [6.45, 7) is 12.9. The maximum Gasteiger partial charge on any atom is 0.305 e. The van der Waals surface area contributed by atoms with Crippen molar-refractivity contribution in [1.82, 2.24) is 15.6 Å². The van der Waals surface area contributed by atoms with Crippen molar-refractivity contribution in [2.45, 2.75) is 58.5 Å². The lowest BCUT2D eigenvalue weighted by Gasteiger charge is -2.23. The molecule has 0 radical (unpaired) electrons. The molecule has 0 unspecified atom stereocenters.